The molecule has 0 atom stereocenters. The first-order valence-electron chi connectivity index (χ1n) is 4.75. The number of carbonyl (C=O) groups is 1. The van der Waals surface area contributed by atoms with Crippen LogP contribution in [-0.2, 0) is 0 Å². The second-order valence-corrected chi connectivity index (χ2v) is 4.89. The highest BCUT2D eigenvalue weighted by Gasteiger charge is 2.18. The van der Waals surface area contributed by atoms with E-state index >= 15 is 0 Å². The lowest BCUT2D eigenvalue weighted by Gasteiger charge is -1.96. The van der Waals surface area contributed by atoms with Gasteiger partial charge in [0.15, 0.2) is 5.76 Å². The fraction of sp³-hybridized carbons (Fsp3) is 0.250. The zero-order valence-electron chi connectivity index (χ0n) is 8.96. The van der Waals surface area contributed by atoms with Crippen LogP contribution in [0.2, 0.25) is 0 Å². The molecule has 0 saturated heterocycles. The van der Waals surface area contributed by atoms with E-state index in [4.69, 9.17) is 4.42 Å². The summed E-state index contributed by atoms with van der Waals surface area (Å²) in [6, 6.07) is 3.83. The minimum atomic E-state index is -0.00639. The zero-order chi connectivity index (χ0) is 11.0. The van der Waals surface area contributed by atoms with Gasteiger partial charge in [0, 0.05) is 4.88 Å². The van der Waals surface area contributed by atoms with Crippen LogP contribution in [-0.4, -0.2) is 5.78 Å². The van der Waals surface area contributed by atoms with Gasteiger partial charge in [-0.25, -0.2) is 0 Å². The number of thiophene rings is 1. The summed E-state index contributed by atoms with van der Waals surface area (Å²) >= 11 is 1.52. The quantitative estimate of drug-likeness (QED) is 0.725. The van der Waals surface area contributed by atoms with Crippen molar-refractivity contribution in [1.29, 1.82) is 0 Å². The van der Waals surface area contributed by atoms with Gasteiger partial charge >= 0.3 is 0 Å². The molecule has 2 heterocycles. The fourth-order valence-electron chi connectivity index (χ4n) is 1.58. The summed E-state index contributed by atoms with van der Waals surface area (Å²) in [6.45, 7) is 5.84. The summed E-state index contributed by atoms with van der Waals surface area (Å²) in [5.41, 5.74) is 1.92. The van der Waals surface area contributed by atoms with Crippen LogP contribution in [0.5, 0.6) is 0 Å². The SMILES string of the molecule is Cc1cc(C)c(C(=O)c2occc2C)s1. The molecule has 2 aromatic heterocycles. The first-order valence-corrected chi connectivity index (χ1v) is 5.57. The molecule has 0 radical (unpaired) electrons. The van der Waals surface area contributed by atoms with Crippen molar-refractivity contribution in [2.75, 3.05) is 0 Å². The maximum absolute atomic E-state index is 12.1. The summed E-state index contributed by atoms with van der Waals surface area (Å²) in [4.78, 5) is 14.0. The van der Waals surface area contributed by atoms with Crippen LogP contribution in [0.15, 0.2) is 22.8 Å². The van der Waals surface area contributed by atoms with Gasteiger partial charge in [-0.05, 0) is 44.0 Å². The van der Waals surface area contributed by atoms with Crippen LogP contribution in [0.3, 0.4) is 0 Å². The molecule has 0 bridgehead atoms. The third kappa shape index (κ3) is 1.75. The Labute approximate surface area is 92.5 Å². The number of hydrogen-bond acceptors (Lipinski definition) is 3. The number of rotatable bonds is 2. The molecule has 78 valence electrons. The third-order valence-corrected chi connectivity index (χ3v) is 3.47. The molecule has 0 N–H and O–H groups in total. The molecule has 0 aliphatic carbocycles. The molecule has 0 saturated carbocycles. The van der Waals surface area contributed by atoms with Gasteiger partial charge in [0.25, 0.3) is 0 Å². The number of aryl methyl sites for hydroxylation is 3. The molecule has 0 aliphatic rings. The molecule has 0 amide bonds. The van der Waals surface area contributed by atoms with Crippen LogP contribution >= 0.6 is 11.3 Å². The van der Waals surface area contributed by atoms with E-state index in [1.54, 1.807) is 6.26 Å². The zero-order valence-corrected chi connectivity index (χ0v) is 9.77. The van der Waals surface area contributed by atoms with E-state index < -0.39 is 0 Å². The molecule has 0 unspecified atom stereocenters. The van der Waals surface area contributed by atoms with Gasteiger partial charge in [-0.3, -0.25) is 4.79 Å². The monoisotopic (exact) mass is 220 g/mol. The average Bonchev–Trinajstić information content (AvgIpc) is 2.71. The number of hydrogen-bond donors (Lipinski definition) is 0. The molecule has 15 heavy (non-hydrogen) atoms. The molecule has 3 heteroatoms. The molecule has 2 rings (SSSR count). The standard InChI is InChI=1S/C12H12O2S/c1-7-4-5-14-11(7)10(13)12-8(2)6-9(3)15-12/h4-6H,1-3H3. The highest BCUT2D eigenvalue weighted by Crippen LogP contribution is 2.25. The second-order valence-electron chi connectivity index (χ2n) is 3.63. The van der Waals surface area contributed by atoms with Gasteiger partial charge < -0.3 is 4.42 Å². The van der Waals surface area contributed by atoms with Gasteiger partial charge in [0.2, 0.25) is 5.78 Å². The Morgan fingerprint density at radius 2 is 2.00 bits per heavy atom. The number of carbonyl (C=O) groups excluding carboxylic acids is 1. The molecule has 0 aromatic carbocycles. The third-order valence-electron chi connectivity index (χ3n) is 2.32. The lowest BCUT2D eigenvalue weighted by atomic mass is 10.1. The van der Waals surface area contributed by atoms with Crippen molar-refractivity contribution in [3.05, 3.63) is 45.0 Å². The molecule has 0 spiro atoms. The molecular formula is C12H12O2S. The lowest BCUT2D eigenvalue weighted by molar-refractivity contribution is 0.101. The van der Waals surface area contributed by atoms with E-state index in [-0.39, 0.29) is 5.78 Å². The van der Waals surface area contributed by atoms with Crippen LogP contribution < -0.4 is 0 Å². The van der Waals surface area contributed by atoms with Gasteiger partial charge in [0.05, 0.1) is 11.1 Å². The van der Waals surface area contributed by atoms with Crippen molar-refractivity contribution >= 4 is 17.1 Å². The smallest absolute Gasteiger partial charge is 0.238 e. The summed E-state index contributed by atoms with van der Waals surface area (Å²) < 4.78 is 5.20. The Hall–Kier alpha value is -1.35. The van der Waals surface area contributed by atoms with E-state index in [1.807, 2.05) is 32.9 Å². The number of ketones is 1. The highest BCUT2D eigenvalue weighted by atomic mass is 32.1. The first-order chi connectivity index (χ1) is 7.09. The predicted octanol–water partition coefficient (Wildman–Crippen LogP) is 3.50. The minimum absolute atomic E-state index is 0.00639. The molecule has 0 aliphatic heterocycles. The van der Waals surface area contributed by atoms with E-state index in [0.717, 1.165) is 20.9 Å². The van der Waals surface area contributed by atoms with Crippen molar-refractivity contribution < 1.29 is 9.21 Å². The molecule has 2 aromatic rings. The summed E-state index contributed by atoms with van der Waals surface area (Å²) in [7, 11) is 0. The maximum Gasteiger partial charge on any atom is 0.238 e. The van der Waals surface area contributed by atoms with Crippen molar-refractivity contribution in [3.8, 4) is 0 Å². The predicted molar refractivity (Wildman–Crippen MR) is 60.7 cm³/mol. The molecule has 2 nitrogen and oxygen atoms in total. The van der Waals surface area contributed by atoms with E-state index in [0.29, 0.717) is 5.76 Å². The van der Waals surface area contributed by atoms with Crippen LogP contribution in [0, 0.1) is 20.8 Å². The number of furan rings is 1. The average molecular weight is 220 g/mol. The maximum atomic E-state index is 12.1. The van der Waals surface area contributed by atoms with Crippen molar-refractivity contribution in [3.63, 3.8) is 0 Å². The van der Waals surface area contributed by atoms with Crippen LogP contribution in [0.1, 0.15) is 31.4 Å². The van der Waals surface area contributed by atoms with Crippen molar-refractivity contribution in [1.82, 2.24) is 0 Å². The highest BCUT2D eigenvalue weighted by molar-refractivity contribution is 7.14. The topological polar surface area (TPSA) is 30.2 Å². The fourth-order valence-corrected chi connectivity index (χ4v) is 2.54. The van der Waals surface area contributed by atoms with Crippen LogP contribution in [0.4, 0.5) is 0 Å². The Bertz CT molecular complexity index is 505. The lowest BCUT2D eigenvalue weighted by Crippen LogP contribution is -2.00. The Balaban J connectivity index is 2.45. The van der Waals surface area contributed by atoms with E-state index in [9.17, 15) is 4.79 Å². The van der Waals surface area contributed by atoms with E-state index in [1.165, 1.54) is 11.3 Å². The van der Waals surface area contributed by atoms with Crippen LogP contribution in [0.25, 0.3) is 0 Å². The summed E-state index contributed by atoms with van der Waals surface area (Å²) in [6.07, 6.45) is 1.55. The Morgan fingerprint density at radius 1 is 1.27 bits per heavy atom. The van der Waals surface area contributed by atoms with Gasteiger partial charge in [0.1, 0.15) is 0 Å². The molecular weight excluding hydrogens is 208 g/mol. The van der Waals surface area contributed by atoms with Crippen molar-refractivity contribution in [2.24, 2.45) is 0 Å². The largest absolute Gasteiger partial charge is 0.461 e. The normalized spacial score (nSPS) is 10.6. The molecule has 0 fully saturated rings. The van der Waals surface area contributed by atoms with Crippen molar-refractivity contribution in [2.45, 2.75) is 20.8 Å². The summed E-state index contributed by atoms with van der Waals surface area (Å²) in [5, 5.41) is 0. The Morgan fingerprint density at radius 3 is 2.47 bits per heavy atom. The second kappa shape index (κ2) is 3.66. The summed E-state index contributed by atoms with van der Waals surface area (Å²) in [5.74, 6) is 0.452. The van der Waals surface area contributed by atoms with E-state index in [2.05, 4.69) is 0 Å². The van der Waals surface area contributed by atoms with Gasteiger partial charge in [-0.2, -0.15) is 0 Å². The first kappa shape index (κ1) is 10.2. The van der Waals surface area contributed by atoms with Gasteiger partial charge in [-0.1, -0.05) is 0 Å². The van der Waals surface area contributed by atoms with Gasteiger partial charge in [-0.15, -0.1) is 11.3 Å². The Kier molecular flexibility index (Phi) is 2.49. The minimum Gasteiger partial charge on any atom is -0.461 e.